The van der Waals surface area contributed by atoms with Crippen molar-refractivity contribution >= 4 is 5.91 Å². The highest BCUT2D eigenvalue weighted by Gasteiger charge is 2.29. The number of carbonyl (C=O) groups excluding carboxylic acids is 1. The number of aromatic amines is 1. The third-order valence-corrected chi connectivity index (χ3v) is 3.62. The maximum atomic E-state index is 12.4. The van der Waals surface area contributed by atoms with Gasteiger partial charge in [-0.2, -0.15) is 0 Å². The zero-order valence-corrected chi connectivity index (χ0v) is 12.9. The Morgan fingerprint density at radius 2 is 2.08 bits per heavy atom. The summed E-state index contributed by atoms with van der Waals surface area (Å²) in [5.74, 6) is 0.0678. The van der Waals surface area contributed by atoms with Gasteiger partial charge in [0, 0.05) is 37.2 Å². The monoisotopic (exact) mass is 332 g/mol. The van der Waals surface area contributed by atoms with E-state index >= 15 is 0 Å². The SMILES string of the molecule is COc1ccc(OC2CCN(C(=O)c3cc(O)[nH]c(=O)c3)C2)nn1. The van der Waals surface area contributed by atoms with E-state index in [1.54, 1.807) is 17.0 Å². The number of amides is 1. The second kappa shape index (κ2) is 6.57. The molecule has 9 heteroatoms. The third-order valence-electron chi connectivity index (χ3n) is 3.62. The zero-order chi connectivity index (χ0) is 17.1. The molecule has 3 heterocycles. The molecule has 9 nitrogen and oxygen atoms in total. The van der Waals surface area contributed by atoms with Crippen LogP contribution >= 0.6 is 0 Å². The molecule has 1 aliphatic rings. The first-order valence-electron chi connectivity index (χ1n) is 7.32. The van der Waals surface area contributed by atoms with Crippen molar-refractivity contribution in [2.75, 3.05) is 20.2 Å². The Labute approximate surface area is 136 Å². The van der Waals surface area contributed by atoms with Crippen LogP contribution in [0.5, 0.6) is 17.6 Å². The summed E-state index contributed by atoms with van der Waals surface area (Å²) in [7, 11) is 1.50. The molecule has 126 valence electrons. The van der Waals surface area contributed by atoms with Crippen LogP contribution < -0.4 is 15.0 Å². The summed E-state index contributed by atoms with van der Waals surface area (Å²) in [5.41, 5.74) is -0.389. The Morgan fingerprint density at radius 3 is 2.75 bits per heavy atom. The highest BCUT2D eigenvalue weighted by atomic mass is 16.5. The number of hydrogen-bond acceptors (Lipinski definition) is 7. The summed E-state index contributed by atoms with van der Waals surface area (Å²) in [6.07, 6.45) is 0.418. The van der Waals surface area contributed by atoms with E-state index in [1.807, 2.05) is 0 Å². The quantitative estimate of drug-likeness (QED) is 0.819. The van der Waals surface area contributed by atoms with Crippen LogP contribution in [0.3, 0.4) is 0 Å². The molecule has 2 aromatic rings. The fourth-order valence-corrected chi connectivity index (χ4v) is 2.49. The lowest BCUT2D eigenvalue weighted by Gasteiger charge is -2.16. The maximum absolute atomic E-state index is 12.4. The number of carbonyl (C=O) groups is 1. The van der Waals surface area contributed by atoms with Crippen LogP contribution in [0.4, 0.5) is 0 Å². The lowest BCUT2D eigenvalue weighted by molar-refractivity contribution is 0.0770. The van der Waals surface area contributed by atoms with E-state index in [9.17, 15) is 14.7 Å². The van der Waals surface area contributed by atoms with Crippen LogP contribution in [0.1, 0.15) is 16.8 Å². The Balaban J connectivity index is 1.63. The molecular weight excluding hydrogens is 316 g/mol. The number of methoxy groups -OCH3 is 1. The molecule has 2 N–H and O–H groups in total. The van der Waals surface area contributed by atoms with E-state index in [0.717, 1.165) is 6.07 Å². The van der Waals surface area contributed by atoms with Crippen LogP contribution in [0.25, 0.3) is 0 Å². The normalized spacial score (nSPS) is 16.9. The predicted octanol–water partition coefficient (Wildman–Crippen LogP) is 0.173. The molecule has 1 atom stereocenters. The largest absolute Gasteiger partial charge is 0.494 e. The van der Waals surface area contributed by atoms with Crippen LogP contribution in [-0.2, 0) is 0 Å². The van der Waals surface area contributed by atoms with Gasteiger partial charge in [-0.1, -0.05) is 0 Å². The molecule has 3 rings (SSSR count). The van der Waals surface area contributed by atoms with Gasteiger partial charge in [0.2, 0.25) is 11.8 Å². The van der Waals surface area contributed by atoms with Crippen molar-refractivity contribution < 1.29 is 19.4 Å². The van der Waals surface area contributed by atoms with E-state index in [-0.39, 0.29) is 23.5 Å². The van der Waals surface area contributed by atoms with Gasteiger partial charge in [0.25, 0.3) is 11.5 Å². The van der Waals surface area contributed by atoms with Crippen molar-refractivity contribution in [2.24, 2.45) is 0 Å². The van der Waals surface area contributed by atoms with Gasteiger partial charge in [0.15, 0.2) is 5.88 Å². The molecule has 0 saturated carbocycles. The number of likely N-dealkylation sites (tertiary alicyclic amines) is 1. The lowest BCUT2D eigenvalue weighted by Crippen LogP contribution is -2.31. The number of rotatable bonds is 4. The smallest absolute Gasteiger partial charge is 0.254 e. The Kier molecular flexibility index (Phi) is 4.32. The van der Waals surface area contributed by atoms with E-state index in [4.69, 9.17) is 9.47 Å². The van der Waals surface area contributed by atoms with Crippen LogP contribution in [-0.4, -0.2) is 57.4 Å². The molecule has 0 radical (unpaired) electrons. The molecule has 1 unspecified atom stereocenters. The van der Waals surface area contributed by atoms with Crippen molar-refractivity contribution in [1.82, 2.24) is 20.1 Å². The highest BCUT2D eigenvalue weighted by Crippen LogP contribution is 2.19. The van der Waals surface area contributed by atoms with E-state index in [0.29, 0.717) is 31.3 Å². The van der Waals surface area contributed by atoms with Gasteiger partial charge in [-0.05, 0) is 0 Å². The summed E-state index contributed by atoms with van der Waals surface area (Å²) >= 11 is 0. The molecule has 0 bridgehead atoms. The molecule has 0 aromatic carbocycles. The van der Waals surface area contributed by atoms with Gasteiger partial charge < -0.3 is 19.5 Å². The number of pyridine rings is 1. The Bertz CT molecular complexity index is 789. The van der Waals surface area contributed by atoms with Crippen molar-refractivity contribution in [3.05, 3.63) is 40.2 Å². The molecule has 0 spiro atoms. The van der Waals surface area contributed by atoms with Gasteiger partial charge in [0.1, 0.15) is 6.10 Å². The molecule has 1 saturated heterocycles. The van der Waals surface area contributed by atoms with Crippen molar-refractivity contribution in [2.45, 2.75) is 12.5 Å². The third kappa shape index (κ3) is 3.45. The van der Waals surface area contributed by atoms with Crippen LogP contribution in [0.15, 0.2) is 29.1 Å². The fourth-order valence-electron chi connectivity index (χ4n) is 2.49. The molecule has 1 amide bonds. The molecule has 0 aliphatic carbocycles. The van der Waals surface area contributed by atoms with Crippen molar-refractivity contribution in [3.63, 3.8) is 0 Å². The Hall–Kier alpha value is -3.10. The first-order chi connectivity index (χ1) is 11.5. The number of nitrogens with one attached hydrogen (secondary N) is 1. The van der Waals surface area contributed by atoms with Crippen molar-refractivity contribution in [1.29, 1.82) is 0 Å². The van der Waals surface area contributed by atoms with Gasteiger partial charge in [-0.25, -0.2) is 0 Å². The predicted molar refractivity (Wildman–Crippen MR) is 82.2 cm³/mol. The summed E-state index contributed by atoms with van der Waals surface area (Å²) < 4.78 is 10.6. The van der Waals surface area contributed by atoms with E-state index in [2.05, 4.69) is 15.2 Å². The Morgan fingerprint density at radius 1 is 1.33 bits per heavy atom. The van der Waals surface area contributed by atoms with Gasteiger partial charge in [-0.15, -0.1) is 10.2 Å². The van der Waals surface area contributed by atoms with Gasteiger partial charge in [0.05, 0.1) is 19.2 Å². The highest BCUT2D eigenvalue weighted by molar-refractivity contribution is 5.94. The minimum Gasteiger partial charge on any atom is -0.494 e. The summed E-state index contributed by atoms with van der Waals surface area (Å²) in [6.45, 7) is 0.848. The van der Waals surface area contributed by atoms with Gasteiger partial charge >= 0.3 is 0 Å². The number of hydrogen-bond donors (Lipinski definition) is 2. The summed E-state index contributed by atoms with van der Waals surface area (Å²) in [4.78, 5) is 27.5. The minimum atomic E-state index is -0.529. The molecule has 1 aliphatic heterocycles. The first-order valence-corrected chi connectivity index (χ1v) is 7.32. The van der Waals surface area contributed by atoms with Crippen LogP contribution in [0, 0.1) is 0 Å². The van der Waals surface area contributed by atoms with E-state index in [1.165, 1.54) is 13.2 Å². The number of aromatic hydroxyl groups is 1. The first kappa shape index (κ1) is 15.8. The standard InChI is InChI=1S/C15H16N4O5/c1-23-13-2-3-14(18-17-13)24-10-4-5-19(8-10)15(22)9-6-11(20)16-12(21)7-9/h2-3,6-7,10H,4-5,8H2,1H3,(H2,16,20,21). The fraction of sp³-hybridized carbons (Fsp3) is 0.333. The van der Waals surface area contributed by atoms with E-state index < -0.39 is 5.56 Å². The molecule has 24 heavy (non-hydrogen) atoms. The average molecular weight is 332 g/mol. The molecule has 1 fully saturated rings. The minimum absolute atomic E-state index is 0.140. The maximum Gasteiger partial charge on any atom is 0.254 e. The number of nitrogens with zero attached hydrogens (tertiary/aromatic N) is 3. The zero-order valence-electron chi connectivity index (χ0n) is 12.9. The lowest BCUT2D eigenvalue weighted by atomic mass is 10.2. The van der Waals surface area contributed by atoms with Crippen molar-refractivity contribution in [3.8, 4) is 17.6 Å². The second-order valence-electron chi connectivity index (χ2n) is 5.31. The number of ether oxygens (including phenoxy) is 2. The molecule has 2 aromatic heterocycles. The molecular formula is C15H16N4O5. The summed E-state index contributed by atoms with van der Waals surface area (Å²) in [5, 5.41) is 17.1. The number of H-pyrrole nitrogens is 1. The van der Waals surface area contributed by atoms with Gasteiger partial charge in [-0.3, -0.25) is 14.6 Å². The second-order valence-corrected chi connectivity index (χ2v) is 5.31. The number of aromatic nitrogens is 3. The average Bonchev–Trinajstić information content (AvgIpc) is 3.02. The van der Waals surface area contributed by atoms with Crippen LogP contribution in [0.2, 0.25) is 0 Å². The summed E-state index contributed by atoms with van der Waals surface area (Å²) in [6, 6.07) is 5.67. The topological polar surface area (TPSA) is 118 Å².